The summed E-state index contributed by atoms with van der Waals surface area (Å²) in [7, 11) is 3.44. The van der Waals surface area contributed by atoms with Gasteiger partial charge in [0.1, 0.15) is 6.61 Å². The number of ether oxygens (including phenoxy) is 2. The molecule has 1 heterocycles. The number of carbonyl (C=O) groups excluding carboxylic acids is 1. The molecule has 0 aliphatic carbocycles. The van der Waals surface area contributed by atoms with Gasteiger partial charge in [0.05, 0.1) is 13.7 Å². The van der Waals surface area contributed by atoms with Crippen LogP contribution in [0.4, 0.5) is 0 Å². The summed E-state index contributed by atoms with van der Waals surface area (Å²) in [6, 6.07) is 7.86. The fourth-order valence-corrected chi connectivity index (χ4v) is 2.45. The molecule has 1 aliphatic heterocycles. The highest BCUT2D eigenvalue weighted by Crippen LogP contribution is 2.25. The predicted octanol–water partition coefficient (Wildman–Crippen LogP) is 1.67. The van der Waals surface area contributed by atoms with Crippen LogP contribution < -0.4 is 14.8 Å². The third kappa shape index (κ3) is 4.63. The molecule has 1 unspecified atom stereocenters. The molecule has 1 N–H and O–H groups in total. The SMILES string of the molecule is COc1ccccc1OCCN(C)C(=O)CC1CCCN1. The van der Waals surface area contributed by atoms with Crippen molar-refractivity contribution in [1.29, 1.82) is 0 Å². The average molecular weight is 292 g/mol. The lowest BCUT2D eigenvalue weighted by molar-refractivity contribution is -0.130. The second-order valence-corrected chi connectivity index (χ2v) is 5.31. The summed E-state index contributed by atoms with van der Waals surface area (Å²) in [5.41, 5.74) is 0. The van der Waals surface area contributed by atoms with Crippen molar-refractivity contribution in [2.45, 2.75) is 25.3 Å². The van der Waals surface area contributed by atoms with E-state index in [9.17, 15) is 4.79 Å². The van der Waals surface area contributed by atoms with E-state index in [-0.39, 0.29) is 5.91 Å². The highest BCUT2D eigenvalue weighted by molar-refractivity contribution is 5.76. The zero-order valence-corrected chi connectivity index (χ0v) is 12.8. The largest absolute Gasteiger partial charge is 0.493 e. The van der Waals surface area contributed by atoms with Crippen LogP contribution in [0, 0.1) is 0 Å². The molecule has 1 aromatic carbocycles. The third-order valence-electron chi connectivity index (χ3n) is 3.76. The monoisotopic (exact) mass is 292 g/mol. The minimum absolute atomic E-state index is 0.165. The van der Waals surface area contributed by atoms with Gasteiger partial charge >= 0.3 is 0 Å². The highest BCUT2D eigenvalue weighted by atomic mass is 16.5. The van der Waals surface area contributed by atoms with Crippen LogP contribution in [-0.4, -0.2) is 50.7 Å². The smallest absolute Gasteiger partial charge is 0.223 e. The maximum absolute atomic E-state index is 12.1. The Bertz CT molecular complexity index is 459. The zero-order chi connectivity index (χ0) is 15.1. The topological polar surface area (TPSA) is 50.8 Å². The van der Waals surface area contributed by atoms with Gasteiger partial charge in [0.2, 0.25) is 5.91 Å². The van der Waals surface area contributed by atoms with E-state index in [2.05, 4.69) is 5.32 Å². The Kier molecular flexibility index (Phi) is 5.87. The van der Waals surface area contributed by atoms with Crippen LogP contribution in [0.25, 0.3) is 0 Å². The average Bonchev–Trinajstić information content (AvgIpc) is 3.00. The fourth-order valence-electron chi connectivity index (χ4n) is 2.45. The van der Waals surface area contributed by atoms with Crippen molar-refractivity contribution in [2.24, 2.45) is 0 Å². The minimum Gasteiger partial charge on any atom is -0.493 e. The maximum atomic E-state index is 12.1. The van der Waals surface area contributed by atoms with Crippen LogP contribution >= 0.6 is 0 Å². The summed E-state index contributed by atoms with van der Waals surface area (Å²) < 4.78 is 10.9. The minimum atomic E-state index is 0.165. The number of likely N-dealkylation sites (N-methyl/N-ethyl adjacent to an activating group) is 1. The van der Waals surface area contributed by atoms with Gasteiger partial charge in [-0.25, -0.2) is 0 Å². The summed E-state index contributed by atoms with van der Waals surface area (Å²) in [5, 5.41) is 3.34. The quantitative estimate of drug-likeness (QED) is 0.830. The van der Waals surface area contributed by atoms with E-state index in [1.165, 1.54) is 6.42 Å². The van der Waals surface area contributed by atoms with Gasteiger partial charge < -0.3 is 19.7 Å². The molecule has 1 fully saturated rings. The molecule has 2 rings (SSSR count). The lowest BCUT2D eigenvalue weighted by atomic mass is 10.1. The Balaban J connectivity index is 1.73. The Labute approximate surface area is 126 Å². The molecule has 5 heteroatoms. The molecule has 1 amide bonds. The summed E-state index contributed by atoms with van der Waals surface area (Å²) in [5.74, 6) is 1.58. The maximum Gasteiger partial charge on any atom is 0.223 e. The van der Waals surface area contributed by atoms with Crippen molar-refractivity contribution < 1.29 is 14.3 Å². The van der Waals surface area contributed by atoms with Crippen molar-refractivity contribution in [3.8, 4) is 11.5 Å². The van der Waals surface area contributed by atoms with E-state index in [1.807, 2.05) is 31.3 Å². The number of hydrogen-bond donors (Lipinski definition) is 1. The van der Waals surface area contributed by atoms with Crippen LogP contribution in [-0.2, 0) is 4.79 Å². The second-order valence-electron chi connectivity index (χ2n) is 5.31. The Morgan fingerprint density at radius 2 is 2.14 bits per heavy atom. The number of methoxy groups -OCH3 is 1. The molecule has 0 bridgehead atoms. The second kappa shape index (κ2) is 7.88. The standard InChI is InChI=1S/C16H24N2O3/c1-18(16(19)12-13-6-5-9-17-13)10-11-21-15-8-4-3-7-14(15)20-2/h3-4,7-8,13,17H,5-6,9-12H2,1-2H3. The van der Waals surface area contributed by atoms with E-state index >= 15 is 0 Å². The highest BCUT2D eigenvalue weighted by Gasteiger charge is 2.19. The Morgan fingerprint density at radius 3 is 2.81 bits per heavy atom. The normalized spacial score (nSPS) is 17.5. The van der Waals surface area contributed by atoms with Gasteiger partial charge in [0.25, 0.3) is 0 Å². The molecule has 116 valence electrons. The number of amides is 1. The summed E-state index contributed by atoms with van der Waals surface area (Å²) in [4.78, 5) is 13.8. The van der Waals surface area contributed by atoms with Gasteiger partial charge in [0, 0.05) is 19.5 Å². The first-order chi connectivity index (χ1) is 10.2. The van der Waals surface area contributed by atoms with E-state index in [4.69, 9.17) is 9.47 Å². The summed E-state index contributed by atoms with van der Waals surface area (Å²) >= 11 is 0. The number of para-hydroxylation sites is 2. The van der Waals surface area contributed by atoms with E-state index in [0.717, 1.165) is 13.0 Å². The molecule has 1 aromatic rings. The first-order valence-electron chi connectivity index (χ1n) is 7.44. The molecule has 0 radical (unpaired) electrons. The predicted molar refractivity (Wildman–Crippen MR) is 81.8 cm³/mol. The van der Waals surface area contributed by atoms with Crippen LogP contribution in [0.2, 0.25) is 0 Å². The van der Waals surface area contributed by atoms with Gasteiger partial charge in [-0.15, -0.1) is 0 Å². The summed E-state index contributed by atoms with van der Waals surface area (Å²) in [6.07, 6.45) is 2.83. The molecular formula is C16H24N2O3. The first-order valence-corrected chi connectivity index (χ1v) is 7.44. The van der Waals surface area contributed by atoms with Crippen molar-refractivity contribution in [3.05, 3.63) is 24.3 Å². The van der Waals surface area contributed by atoms with Gasteiger partial charge in [-0.05, 0) is 31.5 Å². The number of benzene rings is 1. The molecular weight excluding hydrogens is 268 g/mol. The Morgan fingerprint density at radius 1 is 1.38 bits per heavy atom. The zero-order valence-electron chi connectivity index (χ0n) is 12.8. The molecule has 0 aromatic heterocycles. The third-order valence-corrected chi connectivity index (χ3v) is 3.76. The van der Waals surface area contributed by atoms with Crippen LogP contribution in [0.5, 0.6) is 11.5 Å². The van der Waals surface area contributed by atoms with E-state index in [1.54, 1.807) is 12.0 Å². The number of rotatable bonds is 7. The van der Waals surface area contributed by atoms with Gasteiger partial charge in [-0.3, -0.25) is 4.79 Å². The molecule has 0 spiro atoms. The lowest BCUT2D eigenvalue weighted by Gasteiger charge is -2.20. The van der Waals surface area contributed by atoms with Crippen molar-refractivity contribution >= 4 is 5.91 Å². The molecule has 0 saturated carbocycles. The molecule has 21 heavy (non-hydrogen) atoms. The van der Waals surface area contributed by atoms with Crippen LogP contribution in [0.1, 0.15) is 19.3 Å². The summed E-state index contributed by atoms with van der Waals surface area (Å²) in [6.45, 7) is 2.06. The molecule has 1 saturated heterocycles. The molecule has 5 nitrogen and oxygen atoms in total. The van der Waals surface area contributed by atoms with Crippen LogP contribution in [0.3, 0.4) is 0 Å². The Hall–Kier alpha value is -1.75. The van der Waals surface area contributed by atoms with Gasteiger partial charge in [0.15, 0.2) is 11.5 Å². The van der Waals surface area contributed by atoms with E-state index < -0.39 is 0 Å². The fraction of sp³-hybridized carbons (Fsp3) is 0.562. The number of carbonyl (C=O) groups is 1. The van der Waals surface area contributed by atoms with E-state index in [0.29, 0.717) is 37.1 Å². The van der Waals surface area contributed by atoms with Gasteiger partial charge in [-0.2, -0.15) is 0 Å². The lowest BCUT2D eigenvalue weighted by Crippen LogP contribution is -2.35. The van der Waals surface area contributed by atoms with Crippen molar-refractivity contribution in [2.75, 3.05) is 33.9 Å². The molecule has 1 atom stereocenters. The van der Waals surface area contributed by atoms with Crippen LogP contribution in [0.15, 0.2) is 24.3 Å². The van der Waals surface area contributed by atoms with Gasteiger partial charge in [-0.1, -0.05) is 12.1 Å². The van der Waals surface area contributed by atoms with Crippen molar-refractivity contribution in [1.82, 2.24) is 10.2 Å². The number of nitrogens with zero attached hydrogens (tertiary/aromatic N) is 1. The number of nitrogens with one attached hydrogen (secondary N) is 1. The number of hydrogen-bond acceptors (Lipinski definition) is 4. The van der Waals surface area contributed by atoms with Crippen molar-refractivity contribution in [3.63, 3.8) is 0 Å². The molecule has 1 aliphatic rings. The first kappa shape index (κ1) is 15.6.